The summed E-state index contributed by atoms with van der Waals surface area (Å²) < 4.78 is 6.24. The Morgan fingerprint density at radius 3 is 2.62 bits per heavy atom. The summed E-state index contributed by atoms with van der Waals surface area (Å²) in [6.07, 6.45) is 8.70. The first kappa shape index (κ1) is 12.3. The molecule has 2 unspecified atom stereocenters. The second-order valence-corrected chi connectivity index (χ2v) is 6.05. The molecule has 1 saturated carbocycles. The molecule has 1 heterocycles. The third-order valence-electron chi connectivity index (χ3n) is 4.45. The lowest BCUT2D eigenvalue weighted by atomic mass is 9.84. The van der Waals surface area contributed by atoms with Gasteiger partial charge in [-0.25, -0.2) is 0 Å². The first-order valence-corrected chi connectivity index (χ1v) is 6.60. The predicted molar refractivity (Wildman–Crippen MR) is 64.2 cm³/mol. The molecule has 1 spiro atoms. The second kappa shape index (κ2) is 4.63. The summed E-state index contributed by atoms with van der Waals surface area (Å²) in [6, 6.07) is 0. The molecule has 3 heteroatoms. The van der Waals surface area contributed by atoms with Gasteiger partial charge in [0.15, 0.2) is 0 Å². The van der Waals surface area contributed by atoms with Crippen molar-refractivity contribution in [3.05, 3.63) is 0 Å². The lowest BCUT2D eigenvalue weighted by molar-refractivity contribution is -0.0562. The van der Waals surface area contributed by atoms with E-state index in [0.29, 0.717) is 12.6 Å². The van der Waals surface area contributed by atoms with Gasteiger partial charge in [-0.1, -0.05) is 19.8 Å². The summed E-state index contributed by atoms with van der Waals surface area (Å²) >= 11 is 0. The number of aliphatic hydroxyl groups excluding tert-OH is 1. The Morgan fingerprint density at radius 1 is 1.38 bits per heavy atom. The van der Waals surface area contributed by atoms with Crippen LogP contribution in [0.5, 0.6) is 0 Å². The maximum absolute atomic E-state index is 9.37. The molecule has 1 aliphatic heterocycles. The van der Waals surface area contributed by atoms with Crippen molar-refractivity contribution in [3.63, 3.8) is 0 Å². The first-order valence-electron chi connectivity index (χ1n) is 6.60. The Morgan fingerprint density at radius 2 is 2.06 bits per heavy atom. The van der Waals surface area contributed by atoms with Crippen LogP contribution in [0.4, 0.5) is 0 Å². The van der Waals surface area contributed by atoms with E-state index in [2.05, 4.69) is 6.92 Å². The molecule has 94 valence electrons. The number of rotatable bonds is 4. The Kier molecular flexibility index (Phi) is 3.57. The zero-order valence-corrected chi connectivity index (χ0v) is 10.4. The van der Waals surface area contributed by atoms with Crippen LogP contribution in [0.2, 0.25) is 0 Å². The molecule has 2 atom stereocenters. The van der Waals surface area contributed by atoms with E-state index in [4.69, 9.17) is 10.5 Å². The van der Waals surface area contributed by atoms with E-state index in [1.165, 1.54) is 32.1 Å². The highest BCUT2D eigenvalue weighted by molar-refractivity contribution is 4.94. The molecule has 0 radical (unpaired) electrons. The summed E-state index contributed by atoms with van der Waals surface area (Å²) in [5.74, 6) is 0. The molecule has 3 nitrogen and oxygen atoms in total. The number of hydrogen-bond donors (Lipinski definition) is 2. The molecule has 2 rings (SSSR count). The van der Waals surface area contributed by atoms with Gasteiger partial charge in [-0.15, -0.1) is 0 Å². The highest BCUT2D eigenvalue weighted by atomic mass is 16.5. The van der Waals surface area contributed by atoms with E-state index in [1.54, 1.807) is 0 Å². The third-order valence-corrected chi connectivity index (χ3v) is 4.45. The van der Waals surface area contributed by atoms with E-state index in [1.807, 2.05) is 0 Å². The van der Waals surface area contributed by atoms with Crippen LogP contribution in [0.15, 0.2) is 0 Å². The van der Waals surface area contributed by atoms with Crippen molar-refractivity contribution in [1.82, 2.24) is 0 Å². The highest BCUT2D eigenvalue weighted by Crippen LogP contribution is 2.45. The van der Waals surface area contributed by atoms with Gasteiger partial charge in [0, 0.05) is 12.0 Å². The minimum absolute atomic E-state index is 0.158. The Labute approximate surface area is 98.4 Å². The summed E-state index contributed by atoms with van der Waals surface area (Å²) in [5, 5.41) is 9.37. The van der Waals surface area contributed by atoms with Crippen molar-refractivity contribution < 1.29 is 9.84 Å². The van der Waals surface area contributed by atoms with Crippen molar-refractivity contribution in [2.45, 2.75) is 63.6 Å². The minimum atomic E-state index is -0.158. The Bertz CT molecular complexity index is 232. The molecular weight excluding hydrogens is 202 g/mol. The minimum Gasteiger partial charge on any atom is -0.396 e. The number of aliphatic hydroxyl groups is 1. The standard InChI is InChI=1S/C13H25NO2/c1-12(9-14,10-15)8-11-4-7-13(16-11)5-2-3-6-13/h11,15H,2-10,14H2,1H3. The highest BCUT2D eigenvalue weighted by Gasteiger charge is 2.43. The average molecular weight is 227 g/mol. The molecular formula is C13H25NO2. The summed E-state index contributed by atoms with van der Waals surface area (Å²) in [7, 11) is 0. The van der Waals surface area contributed by atoms with Crippen molar-refractivity contribution in [1.29, 1.82) is 0 Å². The van der Waals surface area contributed by atoms with Crippen LogP contribution in [0.25, 0.3) is 0 Å². The van der Waals surface area contributed by atoms with Crippen molar-refractivity contribution in [3.8, 4) is 0 Å². The van der Waals surface area contributed by atoms with E-state index >= 15 is 0 Å². The van der Waals surface area contributed by atoms with E-state index in [0.717, 1.165) is 12.8 Å². The number of hydrogen-bond acceptors (Lipinski definition) is 3. The maximum Gasteiger partial charge on any atom is 0.0687 e. The summed E-state index contributed by atoms with van der Waals surface area (Å²) in [6.45, 7) is 2.75. The van der Waals surface area contributed by atoms with Crippen LogP contribution < -0.4 is 5.73 Å². The van der Waals surface area contributed by atoms with Gasteiger partial charge in [0.1, 0.15) is 0 Å². The molecule has 1 aliphatic carbocycles. The number of nitrogens with two attached hydrogens (primary N) is 1. The van der Waals surface area contributed by atoms with Gasteiger partial charge in [-0.3, -0.25) is 0 Å². The lowest BCUT2D eigenvalue weighted by Gasteiger charge is -2.30. The van der Waals surface area contributed by atoms with Crippen molar-refractivity contribution in [2.24, 2.45) is 11.1 Å². The van der Waals surface area contributed by atoms with Gasteiger partial charge in [-0.05, 0) is 38.6 Å². The van der Waals surface area contributed by atoms with Gasteiger partial charge in [0.05, 0.1) is 11.7 Å². The van der Waals surface area contributed by atoms with Crippen LogP contribution in [-0.4, -0.2) is 30.0 Å². The Balaban J connectivity index is 1.89. The average Bonchev–Trinajstić information content (AvgIpc) is 2.90. The summed E-state index contributed by atoms with van der Waals surface area (Å²) in [5.41, 5.74) is 5.77. The van der Waals surface area contributed by atoms with Gasteiger partial charge in [-0.2, -0.15) is 0 Å². The third kappa shape index (κ3) is 2.41. The van der Waals surface area contributed by atoms with Crippen LogP contribution >= 0.6 is 0 Å². The largest absolute Gasteiger partial charge is 0.396 e. The molecule has 3 N–H and O–H groups in total. The van der Waals surface area contributed by atoms with Crippen LogP contribution in [0.1, 0.15) is 51.9 Å². The molecule has 2 aliphatic rings. The molecule has 0 aromatic heterocycles. The Hall–Kier alpha value is -0.120. The fourth-order valence-corrected chi connectivity index (χ4v) is 3.19. The normalized spacial score (nSPS) is 32.1. The zero-order chi connectivity index (χ0) is 11.6. The molecule has 16 heavy (non-hydrogen) atoms. The first-order chi connectivity index (χ1) is 7.61. The molecule has 0 aromatic rings. The van der Waals surface area contributed by atoms with Gasteiger partial charge >= 0.3 is 0 Å². The second-order valence-electron chi connectivity index (χ2n) is 6.05. The monoisotopic (exact) mass is 227 g/mol. The maximum atomic E-state index is 9.37. The van der Waals surface area contributed by atoms with E-state index < -0.39 is 0 Å². The molecule has 0 bridgehead atoms. The predicted octanol–water partition coefficient (Wildman–Crippen LogP) is 1.83. The van der Waals surface area contributed by atoms with Crippen LogP contribution in [-0.2, 0) is 4.74 Å². The number of ether oxygens (including phenoxy) is 1. The van der Waals surface area contributed by atoms with Crippen molar-refractivity contribution >= 4 is 0 Å². The SMILES string of the molecule is CC(CN)(CO)CC1CCC2(CCCC2)O1. The van der Waals surface area contributed by atoms with Crippen molar-refractivity contribution in [2.75, 3.05) is 13.2 Å². The molecule has 0 amide bonds. The molecule has 2 fully saturated rings. The lowest BCUT2D eigenvalue weighted by Crippen LogP contribution is -2.35. The van der Waals surface area contributed by atoms with E-state index in [9.17, 15) is 5.11 Å². The summed E-state index contributed by atoms with van der Waals surface area (Å²) in [4.78, 5) is 0. The van der Waals surface area contributed by atoms with Gasteiger partial charge < -0.3 is 15.6 Å². The molecule has 1 saturated heterocycles. The molecule has 0 aromatic carbocycles. The van der Waals surface area contributed by atoms with Crippen LogP contribution in [0.3, 0.4) is 0 Å². The fraction of sp³-hybridized carbons (Fsp3) is 1.00. The van der Waals surface area contributed by atoms with E-state index in [-0.39, 0.29) is 17.6 Å². The topological polar surface area (TPSA) is 55.5 Å². The van der Waals surface area contributed by atoms with Gasteiger partial charge in [0.25, 0.3) is 0 Å². The smallest absolute Gasteiger partial charge is 0.0687 e. The van der Waals surface area contributed by atoms with Gasteiger partial charge in [0.2, 0.25) is 0 Å². The quantitative estimate of drug-likeness (QED) is 0.770. The zero-order valence-electron chi connectivity index (χ0n) is 10.4. The fourth-order valence-electron chi connectivity index (χ4n) is 3.19. The van der Waals surface area contributed by atoms with Crippen LogP contribution in [0, 0.1) is 5.41 Å².